The lowest BCUT2D eigenvalue weighted by Crippen LogP contribution is -2.36. The lowest BCUT2D eigenvalue weighted by atomic mass is 10.3. The van der Waals surface area contributed by atoms with Gasteiger partial charge in [-0.3, -0.25) is 0 Å². The maximum atomic E-state index is 12.1. The van der Waals surface area contributed by atoms with Crippen LogP contribution in [0, 0.1) is 0 Å². The van der Waals surface area contributed by atoms with Crippen molar-refractivity contribution in [2.24, 2.45) is 0 Å². The Kier molecular flexibility index (Phi) is 5.70. The summed E-state index contributed by atoms with van der Waals surface area (Å²) in [6.45, 7) is 1.46. The van der Waals surface area contributed by atoms with Gasteiger partial charge in [-0.2, -0.15) is 0 Å². The topological polar surface area (TPSA) is 58.2 Å². The zero-order valence-electron chi connectivity index (χ0n) is 9.32. The number of halogens is 3. The molecule has 2 rings (SSSR count). The summed E-state index contributed by atoms with van der Waals surface area (Å²) in [5, 5.41) is 3.64. The van der Waals surface area contributed by atoms with Crippen LogP contribution in [0.5, 0.6) is 0 Å². The number of nitrogens with one attached hydrogen (secondary N) is 2. The van der Waals surface area contributed by atoms with Gasteiger partial charge in [0.2, 0.25) is 10.0 Å². The standard InChI is InChI=1S/C10H12Cl2N2O2S.ClH/c11-7-1-2-10(9(12)5-7)17(15,16)14-8-3-4-13-6-8;/h1-2,5,8,13-14H,3-4,6H2;1H/t8-;/m0./s1. The van der Waals surface area contributed by atoms with Gasteiger partial charge in [0, 0.05) is 17.6 Å². The second-order valence-corrected chi connectivity index (χ2v) is 6.41. The van der Waals surface area contributed by atoms with Crippen LogP contribution in [0.1, 0.15) is 6.42 Å². The van der Waals surface area contributed by atoms with Crippen molar-refractivity contribution < 1.29 is 8.42 Å². The van der Waals surface area contributed by atoms with E-state index in [4.69, 9.17) is 23.2 Å². The van der Waals surface area contributed by atoms with E-state index in [0.717, 1.165) is 13.0 Å². The Labute approximate surface area is 123 Å². The van der Waals surface area contributed by atoms with E-state index in [9.17, 15) is 8.42 Å². The van der Waals surface area contributed by atoms with Crippen LogP contribution in [0.15, 0.2) is 23.1 Å². The summed E-state index contributed by atoms with van der Waals surface area (Å²) in [6, 6.07) is 4.27. The number of sulfonamides is 1. The highest BCUT2D eigenvalue weighted by molar-refractivity contribution is 7.89. The van der Waals surface area contributed by atoms with E-state index in [1.54, 1.807) is 0 Å². The molecule has 0 aromatic heterocycles. The highest BCUT2D eigenvalue weighted by Crippen LogP contribution is 2.25. The van der Waals surface area contributed by atoms with Gasteiger partial charge in [0.15, 0.2) is 0 Å². The minimum absolute atomic E-state index is 0. The van der Waals surface area contributed by atoms with Gasteiger partial charge in [0.05, 0.1) is 5.02 Å². The molecule has 0 amide bonds. The molecule has 1 saturated heterocycles. The molecule has 18 heavy (non-hydrogen) atoms. The van der Waals surface area contributed by atoms with Crippen LogP contribution in [0.4, 0.5) is 0 Å². The normalized spacial score (nSPS) is 19.6. The fraction of sp³-hybridized carbons (Fsp3) is 0.400. The fourth-order valence-corrected chi connectivity index (χ4v) is 3.77. The van der Waals surface area contributed by atoms with Gasteiger partial charge in [0.1, 0.15) is 4.90 Å². The molecular formula is C10H13Cl3N2O2S. The molecule has 1 aromatic rings. The average molecular weight is 332 g/mol. The molecule has 0 radical (unpaired) electrons. The largest absolute Gasteiger partial charge is 0.315 e. The van der Waals surface area contributed by atoms with Gasteiger partial charge in [-0.15, -0.1) is 12.4 Å². The molecule has 1 atom stereocenters. The fourth-order valence-electron chi connectivity index (χ4n) is 1.73. The number of rotatable bonds is 3. The maximum Gasteiger partial charge on any atom is 0.242 e. The molecular weight excluding hydrogens is 319 g/mol. The molecule has 1 aromatic carbocycles. The van der Waals surface area contributed by atoms with E-state index in [2.05, 4.69) is 10.0 Å². The van der Waals surface area contributed by atoms with Crippen molar-refractivity contribution in [3.63, 3.8) is 0 Å². The third-order valence-corrected chi connectivity index (χ3v) is 4.80. The van der Waals surface area contributed by atoms with Gasteiger partial charge in [-0.1, -0.05) is 23.2 Å². The molecule has 102 valence electrons. The molecule has 1 aliphatic heterocycles. The summed E-state index contributed by atoms with van der Waals surface area (Å²) in [5.41, 5.74) is 0. The lowest BCUT2D eigenvalue weighted by Gasteiger charge is -2.13. The van der Waals surface area contributed by atoms with E-state index in [0.29, 0.717) is 11.6 Å². The monoisotopic (exact) mass is 330 g/mol. The van der Waals surface area contributed by atoms with Gasteiger partial charge in [-0.25, -0.2) is 13.1 Å². The van der Waals surface area contributed by atoms with Crippen LogP contribution >= 0.6 is 35.6 Å². The van der Waals surface area contributed by atoms with Crippen LogP contribution < -0.4 is 10.0 Å². The molecule has 0 aliphatic carbocycles. The first kappa shape index (κ1) is 16.0. The third kappa shape index (κ3) is 3.73. The minimum Gasteiger partial charge on any atom is -0.315 e. The summed E-state index contributed by atoms with van der Waals surface area (Å²) in [6.07, 6.45) is 0.782. The number of hydrogen-bond donors (Lipinski definition) is 2. The smallest absolute Gasteiger partial charge is 0.242 e. The molecule has 0 unspecified atom stereocenters. The second kappa shape index (κ2) is 6.41. The molecule has 0 spiro atoms. The van der Waals surface area contributed by atoms with E-state index in [-0.39, 0.29) is 28.4 Å². The Morgan fingerprint density at radius 3 is 2.61 bits per heavy atom. The number of hydrogen-bond acceptors (Lipinski definition) is 3. The van der Waals surface area contributed by atoms with Crippen molar-refractivity contribution in [2.45, 2.75) is 17.4 Å². The van der Waals surface area contributed by atoms with E-state index < -0.39 is 10.0 Å². The average Bonchev–Trinajstić information content (AvgIpc) is 2.68. The molecule has 4 nitrogen and oxygen atoms in total. The van der Waals surface area contributed by atoms with Crippen molar-refractivity contribution in [1.29, 1.82) is 0 Å². The van der Waals surface area contributed by atoms with Gasteiger partial charge in [-0.05, 0) is 31.2 Å². The molecule has 0 bridgehead atoms. The highest BCUT2D eigenvalue weighted by atomic mass is 35.5. The van der Waals surface area contributed by atoms with Crippen molar-refractivity contribution >= 4 is 45.6 Å². The maximum absolute atomic E-state index is 12.1. The minimum atomic E-state index is -3.57. The third-order valence-electron chi connectivity index (χ3n) is 2.57. The van der Waals surface area contributed by atoms with Crippen LogP contribution in [0.2, 0.25) is 10.0 Å². The van der Waals surface area contributed by atoms with Gasteiger partial charge >= 0.3 is 0 Å². The van der Waals surface area contributed by atoms with Crippen LogP contribution in [0.25, 0.3) is 0 Å². The number of benzene rings is 1. The van der Waals surface area contributed by atoms with Crippen LogP contribution in [-0.2, 0) is 10.0 Å². The molecule has 1 fully saturated rings. The van der Waals surface area contributed by atoms with Gasteiger partial charge in [0.25, 0.3) is 0 Å². The van der Waals surface area contributed by atoms with Gasteiger partial charge < -0.3 is 5.32 Å². The van der Waals surface area contributed by atoms with Crippen molar-refractivity contribution in [2.75, 3.05) is 13.1 Å². The quantitative estimate of drug-likeness (QED) is 0.891. The molecule has 8 heteroatoms. The Bertz CT molecular complexity index is 516. The van der Waals surface area contributed by atoms with E-state index in [1.807, 2.05) is 0 Å². The summed E-state index contributed by atoms with van der Waals surface area (Å²) in [5.74, 6) is 0. The summed E-state index contributed by atoms with van der Waals surface area (Å²) >= 11 is 11.6. The highest BCUT2D eigenvalue weighted by Gasteiger charge is 2.24. The van der Waals surface area contributed by atoms with Crippen LogP contribution in [0.3, 0.4) is 0 Å². The van der Waals surface area contributed by atoms with E-state index >= 15 is 0 Å². The Balaban J connectivity index is 0.00000162. The first-order valence-corrected chi connectivity index (χ1v) is 7.41. The molecule has 2 N–H and O–H groups in total. The zero-order valence-corrected chi connectivity index (χ0v) is 12.5. The predicted octanol–water partition coefficient (Wildman–Crippen LogP) is 2.06. The van der Waals surface area contributed by atoms with Crippen molar-refractivity contribution in [3.05, 3.63) is 28.2 Å². The van der Waals surface area contributed by atoms with Crippen molar-refractivity contribution in [3.8, 4) is 0 Å². The lowest BCUT2D eigenvalue weighted by molar-refractivity contribution is 0.560. The van der Waals surface area contributed by atoms with E-state index in [1.165, 1.54) is 18.2 Å². The Hall–Kier alpha value is -0.0400. The summed E-state index contributed by atoms with van der Waals surface area (Å²) in [7, 11) is -3.57. The molecule has 1 aliphatic rings. The predicted molar refractivity (Wildman–Crippen MR) is 75.3 cm³/mol. The zero-order chi connectivity index (χ0) is 12.5. The van der Waals surface area contributed by atoms with Crippen LogP contribution in [-0.4, -0.2) is 27.5 Å². The SMILES string of the molecule is Cl.O=S(=O)(N[C@H]1CCNC1)c1ccc(Cl)cc1Cl. The van der Waals surface area contributed by atoms with Crippen molar-refractivity contribution in [1.82, 2.24) is 10.0 Å². The first-order chi connectivity index (χ1) is 7.99. The first-order valence-electron chi connectivity index (χ1n) is 5.17. The molecule has 0 saturated carbocycles. The summed E-state index contributed by atoms with van der Waals surface area (Å²) < 4.78 is 26.7. The Morgan fingerprint density at radius 2 is 2.06 bits per heavy atom. The Morgan fingerprint density at radius 1 is 1.33 bits per heavy atom. The molecule has 1 heterocycles. The second-order valence-electron chi connectivity index (χ2n) is 3.89. The summed E-state index contributed by atoms with van der Waals surface area (Å²) in [4.78, 5) is 0.0652.